The summed E-state index contributed by atoms with van der Waals surface area (Å²) in [5, 5.41) is 1.38. The van der Waals surface area contributed by atoms with Gasteiger partial charge in [0.1, 0.15) is 12.1 Å². The fourth-order valence-corrected chi connectivity index (χ4v) is 3.27. The Kier molecular flexibility index (Phi) is 3.58. The summed E-state index contributed by atoms with van der Waals surface area (Å²) in [4.78, 5) is 13.1. The molecule has 0 spiro atoms. The minimum Gasteiger partial charge on any atom is -0.454 e. The maximum Gasteiger partial charge on any atom is 0.231 e. The molecule has 0 fully saturated rings. The van der Waals surface area contributed by atoms with Crippen LogP contribution < -0.4 is 15.2 Å². The second kappa shape index (κ2) is 6.10. The number of rotatable bonds is 2. The molecular formula is C20H13ClN4O2. The molecule has 2 aromatic carbocycles. The first kappa shape index (κ1) is 15.8. The molecule has 6 nitrogen and oxygen atoms in total. The number of hydrogen-bond acceptors (Lipinski definition) is 6. The van der Waals surface area contributed by atoms with E-state index in [-0.39, 0.29) is 6.79 Å². The molecule has 1 aliphatic rings. The van der Waals surface area contributed by atoms with Crippen molar-refractivity contribution in [3.8, 4) is 33.9 Å². The standard InChI is InChI=1S/C20H13ClN4O2/c21-13-4-1-11(2-5-13)14-8-15(25-20-18(14)19(22)23-9-24-20)12-3-6-16-17(7-12)27-10-26-16/h1-9H,10H2,(H2,22,23,24,25). The molecule has 0 aliphatic carbocycles. The van der Waals surface area contributed by atoms with Crippen LogP contribution in [0.2, 0.25) is 5.02 Å². The average molecular weight is 377 g/mol. The minimum atomic E-state index is 0.226. The third-order valence-corrected chi connectivity index (χ3v) is 4.71. The van der Waals surface area contributed by atoms with E-state index in [1.54, 1.807) is 0 Å². The van der Waals surface area contributed by atoms with Gasteiger partial charge in [0.05, 0.1) is 11.1 Å². The van der Waals surface area contributed by atoms with E-state index < -0.39 is 0 Å². The summed E-state index contributed by atoms with van der Waals surface area (Å²) in [5.41, 5.74) is 10.2. The number of aromatic nitrogens is 3. The van der Waals surface area contributed by atoms with E-state index in [1.165, 1.54) is 6.33 Å². The number of fused-ring (bicyclic) bond motifs is 2. The smallest absolute Gasteiger partial charge is 0.231 e. The topological polar surface area (TPSA) is 83.2 Å². The number of ether oxygens (including phenoxy) is 2. The van der Waals surface area contributed by atoms with Crippen LogP contribution in [0.3, 0.4) is 0 Å². The predicted octanol–water partition coefficient (Wildman–Crippen LogP) is 4.32. The summed E-state index contributed by atoms with van der Waals surface area (Å²) < 4.78 is 10.9. The zero-order valence-electron chi connectivity index (χ0n) is 14.0. The van der Waals surface area contributed by atoms with Gasteiger partial charge in [-0.25, -0.2) is 15.0 Å². The van der Waals surface area contributed by atoms with Crippen LogP contribution in [-0.4, -0.2) is 21.7 Å². The van der Waals surface area contributed by atoms with Gasteiger partial charge in [0, 0.05) is 10.6 Å². The van der Waals surface area contributed by atoms with Crippen LogP contribution in [0.1, 0.15) is 0 Å². The molecule has 0 bridgehead atoms. The van der Waals surface area contributed by atoms with Crippen LogP contribution in [0.15, 0.2) is 54.9 Å². The lowest BCUT2D eigenvalue weighted by molar-refractivity contribution is 0.174. The normalized spacial score (nSPS) is 12.5. The van der Waals surface area contributed by atoms with Crippen LogP contribution >= 0.6 is 11.6 Å². The average Bonchev–Trinajstić information content (AvgIpc) is 3.16. The summed E-state index contributed by atoms with van der Waals surface area (Å²) in [6, 6.07) is 15.2. The van der Waals surface area contributed by atoms with Crippen molar-refractivity contribution < 1.29 is 9.47 Å². The molecule has 0 radical (unpaired) electrons. The van der Waals surface area contributed by atoms with Crippen LogP contribution in [0.4, 0.5) is 5.82 Å². The van der Waals surface area contributed by atoms with E-state index in [0.29, 0.717) is 27.6 Å². The van der Waals surface area contributed by atoms with E-state index >= 15 is 0 Å². The Balaban J connectivity index is 1.76. The van der Waals surface area contributed by atoms with E-state index in [4.69, 9.17) is 26.8 Å². The van der Waals surface area contributed by atoms with Crippen molar-refractivity contribution in [1.29, 1.82) is 0 Å². The number of hydrogen-bond donors (Lipinski definition) is 1. The maximum absolute atomic E-state index is 6.13. The van der Waals surface area contributed by atoms with Crippen molar-refractivity contribution in [1.82, 2.24) is 15.0 Å². The van der Waals surface area contributed by atoms with Gasteiger partial charge in [-0.2, -0.15) is 0 Å². The highest BCUT2D eigenvalue weighted by Crippen LogP contribution is 2.38. The van der Waals surface area contributed by atoms with E-state index in [1.807, 2.05) is 48.5 Å². The Hall–Kier alpha value is -3.38. The fourth-order valence-electron chi connectivity index (χ4n) is 3.15. The monoisotopic (exact) mass is 376 g/mol. The Morgan fingerprint density at radius 3 is 2.52 bits per heavy atom. The Morgan fingerprint density at radius 1 is 0.889 bits per heavy atom. The van der Waals surface area contributed by atoms with Gasteiger partial charge >= 0.3 is 0 Å². The van der Waals surface area contributed by atoms with Crippen molar-refractivity contribution in [2.75, 3.05) is 12.5 Å². The molecule has 3 heterocycles. The Labute approximate surface area is 159 Å². The number of pyridine rings is 1. The molecule has 2 aromatic heterocycles. The SMILES string of the molecule is Nc1ncnc2nc(-c3ccc4c(c3)OCO4)cc(-c3ccc(Cl)cc3)c12. The molecule has 4 aromatic rings. The highest BCUT2D eigenvalue weighted by molar-refractivity contribution is 6.30. The summed E-state index contributed by atoms with van der Waals surface area (Å²) in [6.07, 6.45) is 1.42. The number of benzene rings is 2. The van der Waals surface area contributed by atoms with Gasteiger partial charge in [0.25, 0.3) is 0 Å². The second-order valence-electron chi connectivity index (χ2n) is 6.09. The predicted molar refractivity (Wildman–Crippen MR) is 104 cm³/mol. The van der Waals surface area contributed by atoms with Crippen LogP contribution in [0.25, 0.3) is 33.4 Å². The van der Waals surface area contributed by atoms with Gasteiger partial charge in [-0.15, -0.1) is 0 Å². The summed E-state index contributed by atoms with van der Waals surface area (Å²) >= 11 is 6.04. The Morgan fingerprint density at radius 2 is 1.67 bits per heavy atom. The summed E-state index contributed by atoms with van der Waals surface area (Å²) in [7, 11) is 0. The third kappa shape index (κ3) is 2.71. The molecule has 0 saturated carbocycles. The highest BCUT2D eigenvalue weighted by atomic mass is 35.5. The third-order valence-electron chi connectivity index (χ3n) is 4.46. The van der Waals surface area contributed by atoms with Crippen molar-refractivity contribution in [2.24, 2.45) is 0 Å². The van der Waals surface area contributed by atoms with Crippen molar-refractivity contribution in [3.63, 3.8) is 0 Å². The number of halogens is 1. The molecule has 132 valence electrons. The second-order valence-corrected chi connectivity index (χ2v) is 6.52. The molecule has 27 heavy (non-hydrogen) atoms. The van der Waals surface area contributed by atoms with Gasteiger partial charge in [-0.05, 0) is 47.5 Å². The quantitative estimate of drug-likeness (QED) is 0.560. The Bertz CT molecular complexity index is 1180. The molecular weight excluding hydrogens is 364 g/mol. The van der Waals surface area contributed by atoms with Crippen molar-refractivity contribution in [3.05, 3.63) is 59.9 Å². The van der Waals surface area contributed by atoms with Gasteiger partial charge in [-0.3, -0.25) is 0 Å². The largest absolute Gasteiger partial charge is 0.454 e. The minimum absolute atomic E-state index is 0.226. The molecule has 0 atom stereocenters. The van der Waals surface area contributed by atoms with E-state index in [0.717, 1.165) is 28.1 Å². The summed E-state index contributed by atoms with van der Waals surface area (Å²) in [6.45, 7) is 0.226. The first-order chi connectivity index (χ1) is 13.2. The lowest BCUT2D eigenvalue weighted by Gasteiger charge is -2.11. The number of nitrogens with two attached hydrogens (primary N) is 1. The van der Waals surface area contributed by atoms with E-state index in [9.17, 15) is 0 Å². The molecule has 0 saturated heterocycles. The molecule has 0 amide bonds. The highest BCUT2D eigenvalue weighted by Gasteiger charge is 2.17. The molecule has 1 aliphatic heterocycles. The fraction of sp³-hybridized carbons (Fsp3) is 0.0500. The van der Waals surface area contributed by atoms with Gasteiger partial charge in [0.2, 0.25) is 6.79 Å². The van der Waals surface area contributed by atoms with Crippen molar-refractivity contribution >= 4 is 28.5 Å². The maximum atomic E-state index is 6.13. The molecule has 5 rings (SSSR count). The lowest BCUT2D eigenvalue weighted by atomic mass is 9.99. The zero-order chi connectivity index (χ0) is 18.4. The van der Waals surface area contributed by atoms with Crippen LogP contribution in [0.5, 0.6) is 11.5 Å². The van der Waals surface area contributed by atoms with E-state index in [2.05, 4.69) is 15.0 Å². The van der Waals surface area contributed by atoms with Gasteiger partial charge in [-0.1, -0.05) is 23.7 Å². The lowest BCUT2D eigenvalue weighted by Crippen LogP contribution is -1.98. The van der Waals surface area contributed by atoms with Crippen LogP contribution in [0, 0.1) is 0 Å². The van der Waals surface area contributed by atoms with Crippen LogP contribution in [-0.2, 0) is 0 Å². The van der Waals surface area contributed by atoms with Crippen molar-refractivity contribution in [2.45, 2.75) is 0 Å². The summed E-state index contributed by atoms with van der Waals surface area (Å²) in [5.74, 6) is 1.81. The number of nitrogen functional groups attached to an aromatic ring is 1. The van der Waals surface area contributed by atoms with Gasteiger partial charge < -0.3 is 15.2 Å². The van der Waals surface area contributed by atoms with Gasteiger partial charge in [0.15, 0.2) is 17.1 Å². The first-order valence-corrected chi connectivity index (χ1v) is 8.64. The number of nitrogens with zero attached hydrogens (tertiary/aromatic N) is 3. The first-order valence-electron chi connectivity index (χ1n) is 8.26. The number of anilines is 1. The zero-order valence-corrected chi connectivity index (χ0v) is 14.8. The molecule has 7 heteroatoms. The molecule has 0 unspecified atom stereocenters. The molecule has 2 N–H and O–H groups in total.